The fourth-order valence-electron chi connectivity index (χ4n) is 1.96. The van der Waals surface area contributed by atoms with Crippen LogP contribution in [-0.4, -0.2) is 23.2 Å². The summed E-state index contributed by atoms with van der Waals surface area (Å²) in [6, 6.07) is 5.33. The third-order valence-corrected chi connectivity index (χ3v) is 4.92. The van der Waals surface area contributed by atoms with Gasteiger partial charge in [-0.1, -0.05) is 27.5 Å². The van der Waals surface area contributed by atoms with Gasteiger partial charge in [0.05, 0.1) is 5.02 Å². The molecule has 0 radical (unpaired) electrons. The Morgan fingerprint density at radius 3 is 2.60 bits per heavy atom. The van der Waals surface area contributed by atoms with Crippen LogP contribution >= 0.6 is 38.2 Å². The second kappa shape index (κ2) is 4.98. The van der Waals surface area contributed by atoms with Crippen molar-refractivity contribution in [1.82, 2.24) is 14.8 Å². The van der Waals surface area contributed by atoms with E-state index in [1.807, 2.05) is 0 Å². The molecule has 1 aliphatic carbocycles. The molecule has 3 rings (SSSR count). The van der Waals surface area contributed by atoms with Crippen molar-refractivity contribution in [2.75, 3.05) is 0 Å². The first-order chi connectivity index (χ1) is 9.38. The number of halogens is 3. The molecule has 1 heterocycles. The van der Waals surface area contributed by atoms with Gasteiger partial charge in [0.2, 0.25) is 0 Å². The molecule has 0 spiro atoms. The van der Waals surface area contributed by atoms with Gasteiger partial charge in [0.25, 0.3) is 14.2 Å². The van der Waals surface area contributed by atoms with Crippen molar-refractivity contribution in [3.63, 3.8) is 0 Å². The Morgan fingerprint density at radius 1 is 1.30 bits per heavy atom. The normalized spacial score (nSPS) is 15.6. The van der Waals surface area contributed by atoms with Gasteiger partial charge in [-0.3, -0.25) is 4.57 Å². The Balaban J connectivity index is 2.25. The van der Waals surface area contributed by atoms with Crippen molar-refractivity contribution in [3.8, 4) is 11.4 Å². The smallest absolute Gasteiger partial charge is 0.294 e. The SMILES string of the molecule is O=S(=O)(Cl)c1nnc(-c2cc(Br)ccc2Cl)n1C1CC1. The minimum atomic E-state index is -3.94. The van der Waals surface area contributed by atoms with Gasteiger partial charge in [0, 0.05) is 26.8 Å². The van der Waals surface area contributed by atoms with E-state index in [4.69, 9.17) is 22.3 Å². The lowest BCUT2D eigenvalue weighted by molar-refractivity contribution is 0.579. The monoisotopic (exact) mass is 395 g/mol. The second-order valence-corrected chi connectivity index (χ2v) is 8.25. The van der Waals surface area contributed by atoms with Crippen LogP contribution in [0.5, 0.6) is 0 Å². The van der Waals surface area contributed by atoms with E-state index >= 15 is 0 Å². The molecule has 0 saturated heterocycles. The highest BCUT2D eigenvalue weighted by atomic mass is 79.9. The molecule has 0 amide bonds. The van der Waals surface area contributed by atoms with Gasteiger partial charge in [-0.15, -0.1) is 10.2 Å². The van der Waals surface area contributed by atoms with E-state index in [9.17, 15) is 8.42 Å². The van der Waals surface area contributed by atoms with Crippen LogP contribution in [0.3, 0.4) is 0 Å². The van der Waals surface area contributed by atoms with Gasteiger partial charge in [0.1, 0.15) is 0 Å². The maximum absolute atomic E-state index is 11.6. The van der Waals surface area contributed by atoms with E-state index in [1.54, 1.807) is 22.8 Å². The van der Waals surface area contributed by atoms with Crippen molar-refractivity contribution >= 4 is 47.3 Å². The topological polar surface area (TPSA) is 64.8 Å². The molecular weight excluding hydrogens is 389 g/mol. The third kappa shape index (κ3) is 2.59. The molecule has 1 fully saturated rings. The number of rotatable bonds is 3. The van der Waals surface area contributed by atoms with Crippen molar-refractivity contribution in [2.45, 2.75) is 24.0 Å². The van der Waals surface area contributed by atoms with Crippen LogP contribution < -0.4 is 0 Å². The molecule has 5 nitrogen and oxygen atoms in total. The van der Waals surface area contributed by atoms with Crippen LogP contribution in [0.2, 0.25) is 5.02 Å². The van der Waals surface area contributed by atoms with Crippen LogP contribution in [0.4, 0.5) is 0 Å². The molecule has 1 saturated carbocycles. The van der Waals surface area contributed by atoms with Crippen molar-refractivity contribution in [2.24, 2.45) is 0 Å². The quantitative estimate of drug-likeness (QED) is 0.743. The number of nitrogens with zero attached hydrogens (tertiary/aromatic N) is 3. The molecule has 0 atom stereocenters. The summed E-state index contributed by atoms with van der Waals surface area (Å²) >= 11 is 9.52. The maximum atomic E-state index is 11.6. The Hall–Kier alpha value is -0.630. The van der Waals surface area contributed by atoms with E-state index in [-0.39, 0.29) is 11.2 Å². The van der Waals surface area contributed by atoms with Crippen molar-refractivity contribution < 1.29 is 8.42 Å². The Labute approximate surface area is 133 Å². The summed E-state index contributed by atoms with van der Waals surface area (Å²) in [6.45, 7) is 0. The third-order valence-electron chi connectivity index (χ3n) is 2.96. The maximum Gasteiger partial charge on any atom is 0.296 e. The predicted molar refractivity (Wildman–Crippen MR) is 79.5 cm³/mol. The number of hydrogen-bond acceptors (Lipinski definition) is 4. The van der Waals surface area contributed by atoms with Gasteiger partial charge in [-0.05, 0) is 31.0 Å². The van der Waals surface area contributed by atoms with E-state index in [2.05, 4.69) is 26.1 Å². The van der Waals surface area contributed by atoms with Gasteiger partial charge in [-0.25, -0.2) is 8.42 Å². The van der Waals surface area contributed by atoms with Crippen LogP contribution in [0.1, 0.15) is 18.9 Å². The van der Waals surface area contributed by atoms with E-state index in [0.717, 1.165) is 17.3 Å². The number of benzene rings is 1. The molecule has 0 aliphatic heterocycles. The fraction of sp³-hybridized carbons (Fsp3) is 0.273. The zero-order chi connectivity index (χ0) is 14.5. The zero-order valence-electron chi connectivity index (χ0n) is 9.92. The lowest BCUT2D eigenvalue weighted by Crippen LogP contribution is -2.06. The minimum absolute atomic E-state index is 0.0542. The first-order valence-corrected chi connectivity index (χ1v) is 9.21. The number of aromatic nitrogens is 3. The van der Waals surface area contributed by atoms with Crippen LogP contribution in [0.25, 0.3) is 11.4 Å². The average Bonchev–Trinajstić information content (AvgIpc) is 3.09. The summed E-state index contributed by atoms with van der Waals surface area (Å²) in [7, 11) is 1.47. The standard InChI is InChI=1S/C11H8BrCl2N3O2S/c12-6-1-4-9(13)8(5-6)10-15-16-11(20(14,18)19)17(10)7-2-3-7/h1,4-5,7H,2-3H2. The van der Waals surface area contributed by atoms with Crippen LogP contribution in [-0.2, 0) is 9.05 Å². The van der Waals surface area contributed by atoms with Crippen molar-refractivity contribution in [1.29, 1.82) is 0 Å². The molecular formula is C11H8BrCl2N3O2S. The zero-order valence-corrected chi connectivity index (χ0v) is 13.8. The van der Waals surface area contributed by atoms with Crippen molar-refractivity contribution in [3.05, 3.63) is 27.7 Å². The van der Waals surface area contributed by atoms with E-state index in [0.29, 0.717) is 16.4 Å². The van der Waals surface area contributed by atoms with Gasteiger partial charge < -0.3 is 0 Å². The molecule has 0 bridgehead atoms. The highest BCUT2D eigenvalue weighted by Crippen LogP contribution is 2.41. The molecule has 2 aromatic rings. The molecule has 20 heavy (non-hydrogen) atoms. The molecule has 1 aliphatic rings. The highest BCUT2D eigenvalue weighted by molar-refractivity contribution is 9.10. The first-order valence-electron chi connectivity index (χ1n) is 5.73. The van der Waals surface area contributed by atoms with E-state index in [1.165, 1.54) is 0 Å². The summed E-state index contributed by atoms with van der Waals surface area (Å²) < 4.78 is 25.5. The van der Waals surface area contributed by atoms with Gasteiger partial charge in [-0.2, -0.15) is 0 Å². The van der Waals surface area contributed by atoms with Crippen LogP contribution in [0.15, 0.2) is 27.8 Å². The summed E-state index contributed by atoms with van der Waals surface area (Å²) in [4.78, 5) is 0. The fourth-order valence-corrected chi connectivity index (χ4v) is 3.45. The highest BCUT2D eigenvalue weighted by Gasteiger charge is 2.34. The molecule has 0 unspecified atom stereocenters. The largest absolute Gasteiger partial charge is 0.296 e. The molecule has 1 aromatic heterocycles. The Bertz CT molecular complexity index is 787. The van der Waals surface area contributed by atoms with Crippen LogP contribution in [0, 0.1) is 0 Å². The number of hydrogen-bond donors (Lipinski definition) is 0. The average molecular weight is 397 g/mol. The summed E-state index contributed by atoms with van der Waals surface area (Å²) in [5, 5.41) is 7.92. The summed E-state index contributed by atoms with van der Waals surface area (Å²) in [6.07, 6.45) is 1.74. The Morgan fingerprint density at radius 2 is 2.00 bits per heavy atom. The predicted octanol–water partition coefficient (Wildman–Crippen LogP) is 3.62. The Kier molecular flexibility index (Phi) is 3.56. The molecule has 9 heteroatoms. The lowest BCUT2D eigenvalue weighted by atomic mass is 10.2. The van der Waals surface area contributed by atoms with Gasteiger partial charge in [0.15, 0.2) is 5.82 Å². The molecule has 0 N–H and O–H groups in total. The summed E-state index contributed by atoms with van der Waals surface area (Å²) in [5.74, 6) is 0.415. The second-order valence-electron chi connectivity index (χ2n) is 4.47. The summed E-state index contributed by atoms with van der Waals surface area (Å²) in [5.41, 5.74) is 0.618. The minimum Gasteiger partial charge on any atom is -0.294 e. The van der Waals surface area contributed by atoms with Gasteiger partial charge >= 0.3 is 0 Å². The van der Waals surface area contributed by atoms with E-state index < -0.39 is 9.05 Å². The molecule has 1 aromatic carbocycles. The molecule has 106 valence electrons. The first kappa shape index (κ1) is 14.3. The lowest BCUT2D eigenvalue weighted by Gasteiger charge is -2.08.